The van der Waals surface area contributed by atoms with Gasteiger partial charge in [-0.3, -0.25) is 0 Å². The van der Waals surface area contributed by atoms with Crippen LogP contribution in [0.1, 0.15) is 20.3 Å². The fourth-order valence-corrected chi connectivity index (χ4v) is 2.02. The number of aliphatic hydroxyl groups excluding tert-OH is 1. The Hall–Kier alpha value is 0.210. The molecule has 0 aromatic carbocycles. The summed E-state index contributed by atoms with van der Waals surface area (Å²) in [5, 5.41) is 9.37. The Balaban J connectivity index is 2.25. The minimum Gasteiger partial charge on any atom is -0.391 e. The second kappa shape index (κ2) is 5.18. The number of hydrogen-bond acceptors (Lipinski definition) is 2. The van der Waals surface area contributed by atoms with E-state index in [2.05, 4.69) is 18.7 Å². The molecule has 1 heterocycles. The molecule has 0 spiro atoms. The summed E-state index contributed by atoms with van der Waals surface area (Å²) in [5.41, 5.74) is 0. The normalized spacial score (nSPS) is 27.0. The molecule has 1 aliphatic heterocycles. The summed E-state index contributed by atoms with van der Waals surface area (Å²) in [5.74, 6) is 1.92. The van der Waals surface area contributed by atoms with Crippen molar-refractivity contribution < 1.29 is 5.11 Å². The smallest absolute Gasteiger partial charge is 0.0802 e. The Morgan fingerprint density at radius 3 is 2.69 bits per heavy atom. The predicted molar refractivity (Wildman–Crippen MR) is 56.1 cm³/mol. The molecule has 2 nitrogen and oxygen atoms in total. The van der Waals surface area contributed by atoms with Gasteiger partial charge in [-0.15, -0.1) is 11.6 Å². The lowest BCUT2D eigenvalue weighted by Gasteiger charge is -2.19. The summed E-state index contributed by atoms with van der Waals surface area (Å²) in [7, 11) is 0. The minimum atomic E-state index is -0.354. The van der Waals surface area contributed by atoms with Gasteiger partial charge in [0.1, 0.15) is 0 Å². The number of aliphatic hydroxyl groups is 1. The first-order valence-electron chi connectivity index (χ1n) is 5.10. The van der Waals surface area contributed by atoms with Crippen LogP contribution in [-0.2, 0) is 0 Å². The maximum Gasteiger partial charge on any atom is 0.0802 e. The molecule has 0 aromatic heterocycles. The van der Waals surface area contributed by atoms with Crippen LogP contribution in [0.25, 0.3) is 0 Å². The number of halogens is 1. The quantitative estimate of drug-likeness (QED) is 0.705. The van der Waals surface area contributed by atoms with Crippen LogP contribution in [0.4, 0.5) is 0 Å². The largest absolute Gasteiger partial charge is 0.391 e. The standard InChI is InChI=1S/C10H20ClNO/c1-8(2)9-3-4-12(6-9)7-10(13)5-11/h8-10,13H,3-7H2,1-2H3. The second-order valence-electron chi connectivity index (χ2n) is 4.36. The van der Waals surface area contributed by atoms with E-state index in [0.29, 0.717) is 5.88 Å². The van der Waals surface area contributed by atoms with E-state index in [1.54, 1.807) is 0 Å². The molecule has 13 heavy (non-hydrogen) atoms. The van der Waals surface area contributed by atoms with Crippen LogP contribution in [-0.4, -0.2) is 41.6 Å². The van der Waals surface area contributed by atoms with E-state index in [1.807, 2.05) is 0 Å². The third-order valence-electron chi connectivity index (χ3n) is 2.90. The molecule has 1 rings (SSSR count). The zero-order valence-corrected chi connectivity index (χ0v) is 9.30. The van der Waals surface area contributed by atoms with Gasteiger partial charge in [0.25, 0.3) is 0 Å². The molecule has 1 aliphatic rings. The van der Waals surface area contributed by atoms with Crippen molar-refractivity contribution >= 4 is 11.6 Å². The molecule has 0 radical (unpaired) electrons. The van der Waals surface area contributed by atoms with Crippen LogP contribution in [0.5, 0.6) is 0 Å². The third kappa shape index (κ3) is 3.45. The van der Waals surface area contributed by atoms with Crippen LogP contribution >= 0.6 is 11.6 Å². The summed E-state index contributed by atoms with van der Waals surface area (Å²) in [6, 6.07) is 0. The zero-order chi connectivity index (χ0) is 9.84. The molecule has 1 N–H and O–H groups in total. The van der Waals surface area contributed by atoms with Gasteiger partial charge in [-0.05, 0) is 24.8 Å². The zero-order valence-electron chi connectivity index (χ0n) is 8.54. The minimum absolute atomic E-state index is 0.350. The molecule has 0 saturated carbocycles. The number of rotatable bonds is 4. The van der Waals surface area contributed by atoms with Gasteiger partial charge in [0.05, 0.1) is 6.10 Å². The van der Waals surface area contributed by atoms with Crippen molar-refractivity contribution in [2.75, 3.05) is 25.5 Å². The van der Waals surface area contributed by atoms with Crippen LogP contribution in [0, 0.1) is 11.8 Å². The average molecular weight is 206 g/mol. The molecular formula is C10H20ClNO. The molecule has 0 bridgehead atoms. The van der Waals surface area contributed by atoms with Gasteiger partial charge in [0.2, 0.25) is 0 Å². The Kier molecular flexibility index (Phi) is 4.50. The Bertz CT molecular complexity index is 152. The lowest BCUT2D eigenvalue weighted by Crippen LogP contribution is -2.32. The fourth-order valence-electron chi connectivity index (χ4n) is 1.92. The number of likely N-dealkylation sites (tertiary alicyclic amines) is 1. The molecule has 2 atom stereocenters. The SMILES string of the molecule is CC(C)C1CCN(CC(O)CCl)C1. The van der Waals surface area contributed by atoms with Gasteiger partial charge >= 0.3 is 0 Å². The molecular weight excluding hydrogens is 186 g/mol. The number of hydrogen-bond donors (Lipinski definition) is 1. The highest BCUT2D eigenvalue weighted by molar-refractivity contribution is 6.18. The van der Waals surface area contributed by atoms with E-state index >= 15 is 0 Å². The molecule has 2 unspecified atom stereocenters. The van der Waals surface area contributed by atoms with Crippen molar-refractivity contribution in [1.29, 1.82) is 0 Å². The summed E-state index contributed by atoms with van der Waals surface area (Å²) >= 11 is 5.55. The number of nitrogens with zero attached hydrogens (tertiary/aromatic N) is 1. The van der Waals surface area contributed by atoms with E-state index < -0.39 is 0 Å². The van der Waals surface area contributed by atoms with Crippen LogP contribution in [0.15, 0.2) is 0 Å². The first-order valence-corrected chi connectivity index (χ1v) is 5.63. The van der Waals surface area contributed by atoms with Crippen molar-refractivity contribution in [2.24, 2.45) is 11.8 Å². The van der Waals surface area contributed by atoms with Crippen LogP contribution in [0.2, 0.25) is 0 Å². The van der Waals surface area contributed by atoms with E-state index in [1.165, 1.54) is 6.42 Å². The number of β-amino-alcohol motifs (C(OH)–C–C–N with tert-alkyl or cyclic N) is 1. The van der Waals surface area contributed by atoms with Crippen molar-refractivity contribution in [1.82, 2.24) is 4.90 Å². The van der Waals surface area contributed by atoms with Crippen molar-refractivity contribution in [2.45, 2.75) is 26.4 Å². The van der Waals surface area contributed by atoms with Gasteiger partial charge < -0.3 is 10.0 Å². The topological polar surface area (TPSA) is 23.5 Å². The fraction of sp³-hybridized carbons (Fsp3) is 1.00. The molecule has 0 amide bonds. The number of alkyl halides is 1. The monoisotopic (exact) mass is 205 g/mol. The van der Waals surface area contributed by atoms with Crippen LogP contribution < -0.4 is 0 Å². The first-order chi connectivity index (χ1) is 6.13. The third-order valence-corrected chi connectivity index (χ3v) is 3.25. The first kappa shape index (κ1) is 11.3. The van der Waals surface area contributed by atoms with E-state index in [-0.39, 0.29) is 6.10 Å². The molecule has 3 heteroatoms. The molecule has 78 valence electrons. The summed E-state index contributed by atoms with van der Waals surface area (Å²) in [4.78, 5) is 2.32. The van der Waals surface area contributed by atoms with Gasteiger partial charge in [-0.2, -0.15) is 0 Å². The lowest BCUT2D eigenvalue weighted by molar-refractivity contribution is 0.139. The average Bonchev–Trinajstić information content (AvgIpc) is 2.52. The van der Waals surface area contributed by atoms with E-state index in [4.69, 9.17) is 11.6 Å². The van der Waals surface area contributed by atoms with Gasteiger partial charge in [-0.25, -0.2) is 0 Å². The highest BCUT2D eigenvalue weighted by Crippen LogP contribution is 2.23. The van der Waals surface area contributed by atoms with E-state index in [9.17, 15) is 5.11 Å². The molecule has 1 fully saturated rings. The summed E-state index contributed by atoms with van der Waals surface area (Å²) in [6.45, 7) is 7.54. The lowest BCUT2D eigenvalue weighted by atomic mass is 9.95. The van der Waals surface area contributed by atoms with Gasteiger partial charge in [0, 0.05) is 19.0 Å². The highest BCUT2D eigenvalue weighted by atomic mass is 35.5. The Morgan fingerprint density at radius 1 is 1.54 bits per heavy atom. The second-order valence-corrected chi connectivity index (χ2v) is 4.67. The highest BCUT2D eigenvalue weighted by Gasteiger charge is 2.25. The van der Waals surface area contributed by atoms with E-state index in [0.717, 1.165) is 31.5 Å². The maximum absolute atomic E-state index is 9.37. The van der Waals surface area contributed by atoms with Crippen molar-refractivity contribution in [3.8, 4) is 0 Å². The van der Waals surface area contributed by atoms with Gasteiger partial charge in [-0.1, -0.05) is 13.8 Å². The summed E-state index contributed by atoms with van der Waals surface area (Å²) in [6.07, 6.45) is 0.916. The Labute approximate surface area is 85.9 Å². The molecule has 0 aliphatic carbocycles. The van der Waals surface area contributed by atoms with Crippen molar-refractivity contribution in [3.05, 3.63) is 0 Å². The van der Waals surface area contributed by atoms with Crippen LogP contribution in [0.3, 0.4) is 0 Å². The Morgan fingerprint density at radius 2 is 2.23 bits per heavy atom. The summed E-state index contributed by atoms with van der Waals surface area (Å²) < 4.78 is 0. The maximum atomic E-state index is 9.37. The molecule has 0 aromatic rings. The van der Waals surface area contributed by atoms with Crippen molar-refractivity contribution in [3.63, 3.8) is 0 Å². The molecule has 1 saturated heterocycles. The van der Waals surface area contributed by atoms with Gasteiger partial charge in [0.15, 0.2) is 0 Å². The predicted octanol–water partition coefficient (Wildman–Crippen LogP) is 1.56.